The highest BCUT2D eigenvalue weighted by molar-refractivity contribution is 9.10. The van der Waals surface area contributed by atoms with Gasteiger partial charge in [0.1, 0.15) is 5.82 Å². The summed E-state index contributed by atoms with van der Waals surface area (Å²) in [4.78, 5) is 22.7. The highest BCUT2D eigenvalue weighted by Gasteiger charge is 2.25. The maximum absolute atomic E-state index is 13.8. The SMILES string of the molecule is CC(C)c1ccc(-c2cc(C(=O)N3CCN(c4ccc(F)cc4)CC3)c3cc(Br)ccc3n2)cc1. The van der Waals surface area contributed by atoms with Gasteiger partial charge in [-0.05, 0) is 60.0 Å². The molecule has 2 heterocycles. The third-order valence-corrected chi connectivity index (χ3v) is 7.13. The molecule has 0 unspecified atom stereocenters. The van der Waals surface area contributed by atoms with E-state index in [4.69, 9.17) is 4.98 Å². The van der Waals surface area contributed by atoms with Gasteiger partial charge in [-0.2, -0.15) is 0 Å². The molecule has 0 radical (unpaired) electrons. The number of fused-ring (bicyclic) bond motifs is 1. The second-order valence-corrected chi connectivity index (χ2v) is 10.2. The first-order valence-electron chi connectivity index (χ1n) is 11.9. The van der Waals surface area contributed by atoms with Crippen LogP contribution in [0.25, 0.3) is 22.2 Å². The maximum atomic E-state index is 13.8. The zero-order chi connectivity index (χ0) is 24.5. The molecule has 178 valence electrons. The molecule has 3 aromatic carbocycles. The highest BCUT2D eigenvalue weighted by Crippen LogP contribution is 2.29. The van der Waals surface area contributed by atoms with Gasteiger partial charge in [0, 0.05) is 47.3 Å². The molecule has 4 nitrogen and oxygen atoms in total. The van der Waals surface area contributed by atoms with Crippen LogP contribution in [0.1, 0.15) is 35.7 Å². The predicted octanol–water partition coefficient (Wildman–Crippen LogP) is 6.89. The number of halogens is 2. The topological polar surface area (TPSA) is 36.4 Å². The molecule has 1 amide bonds. The maximum Gasteiger partial charge on any atom is 0.254 e. The Morgan fingerprint density at radius 1 is 0.914 bits per heavy atom. The first kappa shape index (κ1) is 23.5. The van der Waals surface area contributed by atoms with Gasteiger partial charge in [-0.15, -0.1) is 0 Å². The van der Waals surface area contributed by atoms with Gasteiger partial charge in [0.05, 0.1) is 16.8 Å². The van der Waals surface area contributed by atoms with Crippen molar-refractivity contribution in [1.82, 2.24) is 9.88 Å². The molecular weight excluding hydrogens is 505 g/mol. The molecule has 1 aliphatic rings. The second kappa shape index (κ2) is 9.78. The molecule has 0 aliphatic carbocycles. The van der Waals surface area contributed by atoms with Crippen LogP contribution in [0.3, 0.4) is 0 Å². The van der Waals surface area contributed by atoms with Crippen LogP contribution in [-0.2, 0) is 0 Å². The Kier molecular flexibility index (Phi) is 6.56. The van der Waals surface area contributed by atoms with Crippen molar-refractivity contribution in [3.05, 3.63) is 94.2 Å². The molecule has 35 heavy (non-hydrogen) atoms. The molecule has 0 N–H and O–H groups in total. The number of carbonyl (C=O) groups is 1. The Labute approximate surface area is 213 Å². The average molecular weight is 532 g/mol. The minimum Gasteiger partial charge on any atom is -0.368 e. The lowest BCUT2D eigenvalue weighted by molar-refractivity contribution is 0.0748. The van der Waals surface area contributed by atoms with Crippen LogP contribution in [0.4, 0.5) is 10.1 Å². The van der Waals surface area contributed by atoms with Crippen LogP contribution in [0.15, 0.2) is 77.3 Å². The fourth-order valence-corrected chi connectivity index (χ4v) is 4.91. The number of rotatable bonds is 4. The molecule has 0 bridgehead atoms. The minimum atomic E-state index is -0.243. The van der Waals surface area contributed by atoms with Crippen molar-refractivity contribution in [3.63, 3.8) is 0 Å². The number of amides is 1. The number of hydrogen-bond acceptors (Lipinski definition) is 3. The Bertz CT molecular complexity index is 1360. The summed E-state index contributed by atoms with van der Waals surface area (Å²) in [5, 5.41) is 0.841. The van der Waals surface area contributed by atoms with Gasteiger partial charge in [-0.3, -0.25) is 4.79 Å². The van der Waals surface area contributed by atoms with E-state index in [1.54, 1.807) is 12.1 Å². The second-order valence-electron chi connectivity index (χ2n) is 9.25. The number of piperazine rings is 1. The molecule has 0 atom stereocenters. The number of benzene rings is 3. The molecule has 0 saturated carbocycles. The van der Waals surface area contributed by atoms with E-state index >= 15 is 0 Å². The fraction of sp³-hybridized carbons (Fsp3) is 0.241. The number of anilines is 1. The number of aromatic nitrogens is 1. The quantitative estimate of drug-likeness (QED) is 0.287. The van der Waals surface area contributed by atoms with Crippen molar-refractivity contribution in [1.29, 1.82) is 0 Å². The van der Waals surface area contributed by atoms with Crippen LogP contribution >= 0.6 is 15.9 Å². The normalized spacial score (nSPS) is 14.1. The van der Waals surface area contributed by atoms with Gasteiger partial charge < -0.3 is 9.80 Å². The number of nitrogens with zero attached hydrogens (tertiary/aromatic N) is 3. The predicted molar refractivity (Wildman–Crippen MR) is 143 cm³/mol. The third-order valence-electron chi connectivity index (χ3n) is 6.63. The fourth-order valence-electron chi connectivity index (χ4n) is 4.55. The summed E-state index contributed by atoms with van der Waals surface area (Å²) in [5.74, 6) is 0.221. The monoisotopic (exact) mass is 531 g/mol. The van der Waals surface area contributed by atoms with E-state index in [0.717, 1.165) is 32.3 Å². The highest BCUT2D eigenvalue weighted by atomic mass is 79.9. The van der Waals surface area contributed by atoms with Crippen molar-refractivity contribution in [2.24, 2.45) is 0 Å². The summed E-state index contributed by atoms with van der Waals surface area (Å²) >= 11 is 3.55. The van der Waals surface area contributed by atoms with E-state index in [2.05, 4.69) is 58.9 Å². The van der Waals surface area contributed by atoms with Crippen molar-refractivity contribution in [2.45, 2.75) is 19.8 Å². The molecule has 1 aromatic heterocycles. The Balaban J connectivity index is 1.45. The zero-order valence-electron chi connectivity index (χ0n) is 19.8. The summed E-state index contributed by atoms with van der Waals surface area (Å²) in [7, 11) is 0. The summed E-state index contributed by atoms with van der Waals surface area (Å²) in [5.41, 5.74) is 5.50. The molecule has 6 heteroatoms. The van der Waals surface area contributed by atoms with Gasteiger partial charge >= 0.3 is 0 Å². The van der Waals surface area contributed by atoms with Gasteiger partial charge in [0.2, 0.25) is 0 Å². The van der Waals surface area contributed by atoms with Gasteiger partial charge in [0.25, 0.3) is 5.91 Å². The largest absolute Gasteiger partial charge is 0.368 e. The van der Waals surface area contributed by atoms with Crippen LogP contribution in [-0.4, -0.2) is 42.0 Å². The number of pyridine rings is 1. The lowest BCUT2D eigenvalue weighted by Crippen LogP contribution is -2.48. The first-order valence-corrected chi connectivity index (χ1v) is 12.7. The first-order chi connectivity index (χ1) is 16.9. The summed E-state index contributed by atoms with van der Waals surface area (Å²) in [6, 6.07) is 22.7. The van der Waals surface area contributed by atoms with Crippen LogP contribution in [0.5, 0.6) is 0 Å². The Morgan fingerprint density at radius 2 is 1.60 bits per heavy atom. The van der Waals surface area contributed by atoms with Gasteiger partial charge in [-0.1, -0.05) is 54.0 Å². The van der Waals surface area contributed by atoms with E-state index in [0.29, 0.717) is 37.7 Å². The van der Waals surface area contributed by atoms with Crippen molar-refractivity contribution in [2.75, 3.05) is 31.1 Å². The summed E-state index contributed by atoms with van der Waals surface area (Å²) in [6.45, 7) is 6.96. The van der Waals surface area contributed by atoms with E-state index in [-0.39, 0.29) is 11.7 Å². The van der Waals surface area contributed by atoms with Crippen molar-refractivity contribution in [3.8, 4) is 11.3 Å². The standard InChI is InChI=1S/C29H27BrFN3O/c1-19(2)20-3-5-21(6-4-20)28-18-26(25-17-22(30)7-12-27(25)32-28)29(35)34-15-13-33(14-16-34)24-10-8-23(31)9-11-24/h3-12,17-19H,13-16H2,1-2H3. The molecule has 1 fully saturated rings. The van der Waals surface area contributed by atoms with E-state index in [1.807, 2.05) is 29.2 Å². The lowest BCUT2D eigenvalue weighted by Gasteiger charge is -2.36. The number of carbonyl (C=O) groups excluding carboxylic acids is 1. The molecule has 4 aromatic rings. The minimum absolute atomic E-state index is 0.00862. The molecule has 1 aliphatic heterocycles. The number of hydrogen-bond donors (Lipinski definition) is 0. The van der Waals surface area contributed by atoms with E-state index in [9.17, 15) is 9.18 Å². The van der Waals surface area contributed by atoms with E-state index < -0.39 is 0 Å². The molecule has 0 spiro atoms. The Hall–Kier alpha value is -3.25. The van der Waals surface area contributed by atoms with Gasteiger partial charge in [-0.25, -0.2) is 9.37 Å². The smallest absolute Gasteiger partial charge is 0.254 e. The van der Waals surface area contributed by atoms with Crippen molar-refractivity contribution < 1.29 is 9.18 Å². The van der Waals surface area contributed by atoms with E-state index in [1.165, 1.54) is 17.7 Å². The summed E-state index contributed by atoms with van der Waals surface area (Å²) < 4.78 is 14.2. The van der Waals surface area contributed by atoms with Gasteiger partial charge in [0.15, 0.2) is 0 Å². The van der Waals surface area contributed by atoms with Crippen LogP contribution in [0, 0.1) is 5.82 Å². The molecule has 1 saturated heterocycles. The average Bonchev–Trinajstić information content (AvgIpc) is 2.88. The van der Waals surface area contributed by atoms with Crippen LogP contribution < -0.4 is 4.90 Å². The Morgan fingerprint density at radius 3 is 2.26 bits per heavy atom. The third kappa shape index (κ3) is 4.94. The van der Waals surface area contributed by atoms with Crippen molar-refractivity contribution >= 4 is 38.4 Å². The lowest BCUT2D eigenvalue weighted by atomic mass is 9.99. The summed E-state index contributed by atoms with van der Waals surface area (Å²) in [6.07, 6.45) is 0. The molecule has 5 rings (SSSR count). The molecular formula is C29H27BrFN3O. The zero-order valence-corrected chi connectivity index (χ0v) is 21.4. The van der Waals surface area contributed by atoms with Crippen LogP contribution in [0.2, 0.25) is 0 Å².